The lowest BCUT2D eigenvalue weighted by atomic mass is 9.86. The van der Waals surface area contributed by atoms with Crippen LogP contribution >= 0.6 is 0 Å². The van der Waals surface area contributed by atoms with Crippen LogP contribution in [0, 0.1) is 0 Å². The molecule has 0 spiro atoms. The van der Waals surface area contributed by atoms with Gasteiger partial charge in [-0.25, -0.2) is 0 Å². The summed E-state index contributed by atoms with van der Waals surface area (Å²) in [4.78, 5) is 0. The van der Waals surface area contributed by atoms with Crippen LogP contribution in [0.15, 0.2) is 42.5 Å². The molecule has 1 aliphatic heterocycles. The van der Waals surface area contributed by atoms with E-state index in [1.54, 1.807) is 14.2 Å². The highest BCUT2D eigenvalue weighted by molar-refractivity contribution is 5.41. The van der Waals surface area contributed by atoms with E-state index in [0.717, 1.165) is 42.1 Å². The van der Waals surface area contributed by atoms with Crippen molar-refractivity contribution in [2.45, 2.75) is 57.0 Å². The fraction of sp³-hybridized carbons (Fsp3) is 0.538. The summed E-state index contributed by atoms with van der Waals surface area (Å²) in [6.45, 7) is 5.25. The predicted molar refractivity (Wildman–Crippen MR) is 129 cm³/mol. The number of ether oxygens (including phenoxy) is 5. The summed E-state index contributed by atoms with van der Waals surface area (Å²) in [5.74, 6) is 1.82. The Balaban J connectivity index is 1.48. The van der Waals surface area contributed by atoms with Gasteiger partial charge in [-0.3, -0.25) is 0 Å². The van der Waals surface area contributed by atoms with Crippen LogP contribution < -0.4 is 25.7 Å². The Morgan fingerprint density at radius 1 is 1.06 bits per heavy atom. The molecule has 2 aromatic rings. The van der Waals surface area contributed by atoms with E-state index in [1.807, 2.05) is 44.2 Å². The Bertz CT molecular complexity index is 887. The monoisotopic (exact) mass is 458 g/mol. The number of hydrogen-bond donors (Lipinski definition) is 2. The first-order chi connectivity index (χ1) is 15.8. The van der Waals surface area contributed by atoms with Crippen LogP contribution in [0.3, 0.4) is 0 Å². The summed E-state index contributed by atoms with van der Waals surface area (Å²) in [7, 11) is 3.29. The number of rotatable bonds is 12. The van der Waals surface area contributed by atoms with Crippen molar-refractivity contribution in [2.75, 3.05) is 34.0 Å². The summed E-state index contributed by atoms with van der Waals surface area (Å²) >= 11 is 0. The van der Waals surface area contributed by atoms with Crippen molar-refractivity contribution in [3.8, 4) is 17.2 Å². The SMILES string of the molecule is COc1ccc(CC(N)(CN)CCCc2ccc(OCC3COC(C)(C)O3)cc2)c(OC)c1. The first-order valence-corrected chi connectivity index (χ1v) is 11.5. The summed E-state index contributed by atoms with van der Waals surface area (Å²) in [5.41, 5.74) is 14.5. The van der Waals surface area contributed by atoms with Crippen molar-refractivity contribution in [2.24, 2.45) is 11.5 Å². The minimum Gasteiger partial charge on any atom is -0.497 e. The molecule has 2 atom stereocenters. The summed E-state index contributed by atoms with van der Waals surface area (Å²) in [6, 6.07) is 14.0. The second kappa shape index (κ2) is 11.2. The molecule has 1 fully saturated rings. The van der Waals surface area contributed by atoms with Crippen molar-refractivity contribution in [1.82, 2.24) is 0 Å². The van der Waals surface area contributed by atoms with Crippen molar-refractivity contribution in [3.05, 3.63) is 53.6 Å². The molecular weight excluding hydrogens is 420 g/mol. The molecule has 7 heteroatoms. The van der Waals surface area contributed by atoms with E-state index in [2.05, 4.69) is 12.1 Å². The van der Waals surface area contributed by atoms with Gasteiger partial charge >= 0.3 is 0 Å². The van der Waals surface area contributed by atoms with Crippen LogP contribution in [-0.2, 0) is 22.3 Å². The average molecular weight is 459 g/mol. The lowest BCUT2D eigenvalue weighted by Gasteiger charge is -2.29. The maximum absolute atomic E-state index is 6.68. The number of nitrogens with two attached hydrogens (primary N) is 2. The molecule has 182 valence electrons. The molecule has 0 saturated carbocycles. The van der Waals surface area contributed by atoms with Gasteiger partial charge < -0.3 is 35.2 Å². The predicted octanol–water partition coefficient (Wildman–Crippen LogP) is 3.46. The number of benzene rings is 2. The normalized spacial score (nSPS) is 19.2. The van der Waals surface area contributed by atoms with Crippen molar-refractivity contribution < 1.29 is 23.7 Å². The molecule has 1 heterocycles. The molecule has 2 aromatic carbocycles. The molecule has 0 aliphatic carbocycles. The molecule has 2 unspecified atom stereocenters. The van der Waals surface area contributed by atoms with Gasteiger partial charge in [-0.2, -0.15) is 0 Å². The lowest BCUT2D eigenvalue weighted by Crippen LogP contribution is -2.49. The van der Waals surface area contributed by atoms with Crippen molar-refractivity contribution in [3.63, 3.8) is 0 Å². The van der Waals surface area contributed by atoms with Gasteiger partial charge in [0, 0.05) is 18.2 Å². The molecular formula is C26H38N2O5. The highest BCUT2D eigenvalue weighted by Crippen LogP contribution is 2.29. The largest absolute Gasteiger partial charge is 0.497 e. The Morgan fingerprint density at radius 3 is 2.39 bits per heavy atom. The summed E-state index contributed by atoms with van der Waals surface area (Å²) < 4.78 is 28.0. The first kappa shape index (κ1) is 25.3. The molecule has 3 rings (SSSR count). The smallest absolute Gasteiger partial charge is 0.163 e. The fourth-order valence-electron chi connectivity index (χ4n) is 4.07. The third kappa shape index (κ3) is 7.33. The molecule has 4 N–H and O–H groups in total. The second-order valence-electron chi connectivity index (χ2n) is 9.18. The van der Waals surface area contributed by atoms with Gasteiger partial charge in [-0.1, -0.05) is 18.2 Å². The Hall–Kier alpha value is -2.32. The van der Waals surface area contributed by atoms with Crippen LogP contribution in [0.25, 0.3) is 0 Å². The van der Waals surface area contributed by atoms with E-state index in [4.69, 9.17) is 35.2 Å². The van der Waals surface area contributed by atoms with Crippen molar-refractivity contribution in [1.29, 1.82) is 0 Å². The third-order valence-electron chi connectivity index (χ3n) is 6.01. The maximum atomic E-state index is 6.68. The van der Waals surface area contributed by atoms with Crippen molar-refractivity contribution >= 4 is 0 Å². The van der Waals surface area contributed by atoms with Gasteiger partial charge in [0.2, 0.25) is 0 Å². The molecule has 0 amide bonds. The Morgan fingerprint density at radius 2 is 1.79 bits per heavy atom. The second-order valence-corrected chi connectivity index (χ2v) is 9.18. The quantitative estimate of drug-likeness (QED) is 0.503. The Labute approximate surface area is 197 Å². The first-order valence-electron chi connectivity index (χ1n) is 11.5. The van der Waals surface area contributed by atoms with E-state index in [0.29, 0.717) is 26.2 Å². The van der Waals surface area contributed by atoms with Gasteiger partial charge in [0.15, 0.2) is 5.79 Å². The van der Waals surface area contributed by atoms with Gasteiger partial charge in [-0.15, -0.1) is 0 Å². The van der Waals surface area contributed by atoms with Gasteiger partial charge in [-0.05, 0) is 68.9 Å². The number of methoxy groups -OCH3 is 2. The molecule has 7 nitrogen and oxygen atoms in total. The maximum Gasteiger partial charge on any atom is 0.163 e. The molecule has 0 bridgehead atoms. The molecule has 1 saturated heterocycles. The number of aryl methyl sites for hydroxylation is 1. The van der Waals surface area contributed by atoms with E-state index in [1.165, 1.54) is 5.56 Å². The molecule has 33 heavy (non-hydrogen) atoms. The van der Waals surface area contributed by atoms with E-state index >= 15 is 0 Å². The highest BCUT2D eigenvalue weighted by Gasteiger charge is 2.33. The van der Waals surface area contributed by atoms with E-state index < -0.39 is 11.3 Å². The topological polar surface area (TPSA) is 98.2 Å². The Kier molecular flexibility index (Phi) is 8.59. The van der Waals surface area contributed by atoms with Crippen LogP contribution in [0.5, 0.6) is 17.2 Å². The highest BCUT2D eigenvalue weighted by atomic mass is 16.7. The zero-order valence-corrected chi connectivity index (χ0v) is 20.3. The van der Waals surface area contributed by atoms with Crippen LogP contribution in [0.4, 0.5) is 0 Å². The minimum absolute atomic E-state index is 0.0436. The summed E-state index contributed by atoms with van der Waals surface area (Å²) in [6.07, 6.45) is 3.28. The summed E-state index contributed by atoms with van der Waals surface area (Å²) in [5, 5.41) is 0. The lowest BCUT2D eigenvalue weighted by molar-refractivity contribution is -0.141. The van der Waals surface area contributed by atoms with E-state index in [9.17, 15) is 0 Å². The van der Waals surface area contributed by atoms with E-state index in [-0.39, 0.29) is 6.10 Å². The molecule has 0 aromatic heterocycles. The zero-order chi connectivity index (χ0) is 23.9. The number of hydrogen-bond acceptors (Lipinski definition) is 7. The van der Waals surface area contributed by atoms with Crippen LogP contribution in [0.2, 0.25) is 0 Å². The molecule has 0 radical (unpaired) electrons. The zero-order valence-electron chi connectivity index (χ0n) is 20.3. The average Bonchev–Trinajstić information content (AvgIpc) is 3.17. The van der Waals surface area contributed by atoms with Gasteiger partial charge in [0.25, 0.3) is 0 Å². The molecule has 1 aliphatic rings. The fourth-order valence-corrected chi connectivity index (χ4v) is 4.07. The third-order valence-corrected chi connectivity index (χ3v) is 6.01. The van der Waals surface area contributed by atoms with Gasteiger partial charge in [0.1, 0.15) is 30.0 Å². The minimum atomic E-state index is -0.530. The standard InChI is InChI=1S/C26H38N2O5/c1-25(2)32-17-23(33-25)16-31-21-10-7-19(8-11-21)6-5-13-26(28,18-27)15-20-9-12-22(29-3)14-24(20)30-4/h7-12,14,23H,5-6,13,15-18,27-28H2,1-4H3. The van der Waals surface area contributed by atoms with Crippen LogP contribution in [0.1, 0.15) is 37.8 Å². The van der Waals surface area contributed by atoms with Crippen LogP contribution in [-0.4, -0.2) is 51.4 Å². The van der Waals surface area contributed by atoms with Gasteiger partial charge in [0.05, 0.1) is 20.8 Å².